The van der Waals surface area contributed by atoms with E-state index < -0.39 is 5.82 Å². The van der Waals surface area contributed by atoms with Gasteiger partial charge in [0.25, 0.3) is 0 Å². The van der Waals surface area contributed by atoms with Crippen LogP contribution in [0.2, 0.25) is 5.02 Å². The first-order chi connectivity index (χ1) is 13.1. The number of halogens is 2. The zero-order chi connectivity index (χ0) is 18.8. The number of ether oxygens (including phenoxy) is 2. The molecule has 8 heteroatoms. The third-order valence-corrected chi connectivity index (χ3v) is 4.99. The van der Waals surface area contributed by atoms with Crippen LogP contribution in [0.4, 0.5) is 10.1 Å². The second-order valence-corrected chi connectivity index (χ2v) is 6.81. The summed E-state index contributed by atoms with van der Waals surface area (Å²) in [5.74, 6) is 0.877. The Labute approximate surface area is 163 Å². The van der Waals surface area contributed by atoms with Crippen LogP contribution in [-0.2, 0) is 0 Å². The summed E-state index contributed by atoms with van der Waals surface area (Å²) in [6, 6.07) is 11.9. The van der Waals surface area contributed by atoms with Crippen LogP contribution in [0.1, 0.15) is 5.01 Å². The van der Waals surface area contributed by atoms with Crippen molar-refractivity contribution in [1.82, 2.24) is 4.98 Å². The monoisotopic (exact) mass is 399 g/mol. The Bertz CT molecular complexity index is 1090. The van der Waals surface area contributed by atoms with E-state index in [2.05, 4.69) is 16.4 Å². The minimum absolute atomic E-state index is 0.00579. The highest BCUT2D eigenvalue weighted by molar-refractivity contribution is 7.11. The van der Waals surface area contributed by atoms with Crippen molar-refractivity contribution in [2.24, 2.45) is 0 Å². The molecule has 27 heavy (non-hydrogen) atoms. The quantitative estimate of drug-likeness (QED) is 0.602. The fourth-order valence-electron chi connectivity index (χ4n) is 2.47. The molecule has 1 aliphatic heterocycles. The molecule has 0 bridgehead atoms. The summed E-state index contributed by atoms with van der Waals surface area (Å²) in [7, 11) is 0. The van der Waals surface area contributed by atoms with Crippen molar-refractivity contribution in [3.8, 4) is 28.8 Å². The number of allylic oxidation sites excluding steroid dienone is 1. The molecule has 4 rings (SSSR count). The highest BCUT2D eigenvalue weighted by Crippen LogP contribution is 2.36. The van der Waals surface area contributed by atoms with Crippen molar-refractivity contribution in [2.75, 3.05) is 12.1 Å². The third-order valence-electron chi connectivity index (χ3n) is 3.83. The summed E-state index contributed by atoms with van der Waals surface area (Å²) >= 11 is 7.11. The number of aromatic nitrogens is 1. The van der Waals surface area contributed by atoms with Gasteiger partial charge < -0.3 is 14.8 Å². The number of nitriles is 1. The number of nitrogens with one attached hydrogen (secondary N) is 1. The lowest BCUT2D eigenvalue weighted by molar-refractivity contribution is 0.174. The SMILES string of the molecule is N#C/C(=C/Nc1ccc(F)c(Cl)c1)c1nc(-c2ccc3c(c2)OCO3)cs1. The van der Waals surface area contributed by atoms with Gasteiger partial charge in [0.2, 0.25) is 6.79 Å². The molecule has 0 aliphatic carbocycles. The predicted octanol–water partition coefficient (Wildman–Crippen LogP) is 5.31. The fraction of sp³-hybridized carbons (Fsp3) is 0.0526. The Morgan fingerprint density at radius 2 is 2.11 bits per heavy atom. The number of nitrogens with zero attached hydrogens (tertiary/aromatic N) is 2. The molecule has 2 heterocycles. The second kappa shape index (κ2) is 7.27. The third kappa shape index (κ3) is 3.58. The Balaban J connectivity index is 1.57. The molecule has 0 saturated carbocycles. The molecular formula is C19H11ClFN3O2S. The van der Waals surface area contributed by atoms with Crippen molar-refractivity contribution >= 4 is 34.2 Å². The van der Waals surface area contributed by atoms with E-state index >= 15 is 0 Å². The van der Waals surface area contributed by atoms with Gasteiger partial charge in [-0.15, -0.1) is 11.3 Å². The van der Waals surface area contributed by atoms with Gasteiger partial charge in [0, 0.05) is 22.8 Å². The average molecular weight is 400 g/mol. The number of hydrogen-bond acceptors (Lipinski definition) is 6. The van der Waals surface area contributed by atoms with Gasteiger partial charge in [-0.1, -0.05) is 11.6 Å². The van der Waals surface area contributed by atoms with Crippen LogP contribution >= 0.6 is 22.9 Å². The van der Waals surface area contributed by atoms with Crippen LogP contribution in [0.25, 0.3) is 16.8 Å². The summed E-state index contributed by atoms with van der Waals surface area (Å²) in [5.41, 5.74) is 2.53. The average Bonchev–Trinajstić information content (AvgIpc) is 3.34. The Morgan fingerprint density at radius 3 is 2.93 bits per heavy atom. The van der Waals surface area contributed by atoms with E-state index in [4.69, 9.17) is 21.1 Å². The molecule has 1 aromatic heterocycles. The lowest BCUT2D eigenvalue weighted by Gasteiger charge is -2.02. The number of thiazole rings is 1. The number of hydrogen-bond donors (Lipinski definition) is 1. The summed E-state index contributed by atoms with van der Waals surface area (Å²) in [6.07, 6.45) is 1.52. The smallest absolute Gasteiger partial charge is 0.231 e. The lowest BCUT2D eigenvalue weighted by atomic mass is 10.1. The summed E-state index contributed by atoms with van der Waals surface area (Å²) in [6.45, 7) is 0.210. The van der Waals surface area contributed by atoms with Crippen LogP contribution in [0.3, 0.4) is 0 Å². The molecule has 3 aromatic rings. The number of fused-ring (bicyclic) bond motifs is 1. The van der Waals surface area contributed by atoms with Gasteiger partial charge in [0.1, 0.15) is 22.5 Å². The zero-order valence-corrected chi connectivity index (χ0v) is 15.3. The van der Waals surface area contributed by atoms with Crippen molar-refractivity contribution in [3.63, 3.8) is 0 Å². The number of benzene rings is 2. The Morgan fingerprint density at radius 1 is 1.26 bits per heavy atom. The standard InChI is InChI=1S/C19H11ClFN3O2S/c20-14-6-13(2-3-15(14)21)23-8-12(7-22)19-24-16(9-27-19)11-1-4-17-18(5-11)26-10-25-17/h1-6,8-9,23H,10H2/b12-8-. The van der Waals surface area contributed by atoms with Crippen LogP contribution < -0.4 is 14.8 Å². The van der Waals surface area contributed by atoms with E-state index in [-0.39, 0.29) is 11.8 Å². The minimum atomic E-state index is -0.500. The van der Waals surface area contributed by atoms with Crippen molar-refractivity contribution < 1.29 is 13.9 Å². The molecule has 0 fully saturated rings. The predicted molar refractivity (Wildman–Crippen MR) is 102 cm³/mol. The molecule has 0 saturated heterocycles. The van der Waals surface area contributed by atoms with Crippen LogP contribution in [0.15, 0.2) is 48.0 Å². The van der Waals surface area contributed by atoms with Crippen molar-refractivity contribution in [2.45, 2.75) is 0 Å². The van der Waals surface area contributed by atoms with Crippen molar-refractivity contribution in [3.05, 3.63) is 63.8 Å². The second-order valence-electron chi connectivity index (χ2n) is 5.55. The topological polar surface area (TPSA) is 67.2 Å². The van der Waals surface area contributed by atoms with E-state index in [1.54, 1.807) is 0 Å². The highest BCUT2D eigenvalue weighted by atomic mass is 35.5. The van der Waals surface area contributed by atoms with Gasteiger partial charge in [0.15, 0.2) is 11.5 Å². The molecule has 0 amide bonds. The van der Waals surface area contributed by atoms with Gasteiger partial charge in [-0.3, -0.25) is 0 Å². The van der Waals surface area contributed by atoms with Crippen LogP contribution in [0, 0.1) is 17.1 Å². The molecule has 5 nitrogen and oxygen atoms in total. The summed E-state index contributed by atoms with van der Waals surface area (Å²) in [4.78, 5) is 4.53. The first-order valence-electron chi connectivity index (χ1n) is 7.82. The molecule has 0 unspecified atom stereocenters. The van der Waals surface area contributed by atoms with E-state index in [9.17, 15) is 9.65 Å². The molecule has 1 N–H and O–H groups in total. The molecule has 2 aromatic carbocycles. The van der Waals surface area contributed by atoms with Gasteiger partial charge in [-0.2, -0.15) is 5.26 Å². The molecule has 0 spiro atoms. The highest BCUT2D eigenvalue weighted by Gasteiger charge is 2.16. The molecule has 134 valence electrons. The van der Waals surface area contributed by atoms with E-state index in [0.717, 1.165) is 11.3 Å². The van der Waals surface area contributed by atoms with Crippen LogP contribution in [-0.4, -0.2) is 11.8 Å². The van der Waals surface area contributed by atoms with E-state index in [1.165, 1.54) is 35.7 Å². The minimum Gasteiger partial charge on any atom is -0.454 e. The summed E-state index contributed by atoms with van der Waals surface area (Å²) in [5, 5.41) is 14.8. The van der Waals surface area contributed by atoms with Crippen LogP contribution in [0.5, 0.6) is 11.5 Å². The van der Waals surface area contributed by atoms with Gasteiger partial charge in [-0.05, 0) is 36.4 Å². The summed E-state index contributed by atoms with van der Waals surface area (Å²) < 4.78 is 23.9. The first kappa shape index (κ1) is 17.3. The maximum absolute atomic E-state index is 13.2. The normalized spacial score (nSPS) is 12.7. The Kier molecular flexibility index (Phi) is 4.67. The fourth-order valence-corrected chi connectivity index (χ4v) is 3.44. The lowest BCUT2D eigenvalue weighted by Crippen LogP contribution is -1.92. The number of rotatable bonds is 4. The molecule has 1 aliphatic rings. The van der Waals surface area contributed by atoms with E-state index in [0.29, 0.717) is 27.8 Å². The first-order valence-corrected chi connectivity index (χ1v) is 9.07. The number of anilines is 1. The van der Waals surface area contributed by atoms with E-state index in [1.807, 2.05) is 23.6 Å². The Hall–Kier alpha value is -3.08. The largest absolute Gasteiger partial charge is 0.454 e. The molecule has 0 radical (unpaired) electrons. The molecular weight excluding hydrogens is 389 g/mol. The van der Waals surface area contributed by atoms with Gasteiger partial charge in [-0.25, -0.2) is 9.37 Å². The molecule has 0 atom stereocenters. The maximum atomic E-state index is 13.2. The van der Waals surface area contributed by atoms with Gasteiger partial charge >= 0.3 is 0 Å². The zero-order valence-electron chi connectivity index (χ0n) is 13.7. The maximum Gasteiger partial charge on any atom is 0.231 e. The van der Waals surface area contributed by atoms with Crippen molar-refractivity contribution in [1.29, 1.82) is 5.26 Å². The van der Waals surface area contributed by atoms with Gasteiger partial charge in [0.05, 0.1) is 10.7 Å².